The molecule has 1 heterocycles. The highest BCUT2D eigenvalue weighted by molar-refractivity contribution is 5.67. The maximum Gasteiger partial charge on any atom is 0.409 e. The van der Waals surface area contributed by atoms with Gasteiger partial charge in [0.1, 0.15) is 0 Å². The summed E-state index contributed by atoms with van der Waals surface area (Å²) >= 11 is 0. The Balaban J connectivity index is 2.29. The molecule has 0 radical (unpaired) electrons. The molecule has 1 aliphatic rings. The van der Waals surface area contributed by atoms with E-state index >= 15 is 0 Å². The summed E-state index contributed by atoms with van der Waals surface area (Å²) < 4.78 is 9.63. The standard InChI is InChI=1S/C9H17NO4/c1-13-8(11)4-6-10-5-2-3-7-14-9(10)12/h8,11H,2-7H2,1H3. The Hall–Kier alpha value is -0.810. The van der Waals surface area contributed by atoms with Crippen LogP contribution >= 0.6 is 0 Å². The lowest BCUT2D eigenvalue weighted by Crippen LogP contribution is -2.33. The highest BCUT2D eigenvalue weighted by Gasteiger charge is 2.18. The summed E-state index contributed by atoms with van der Waals surface area (Å²) in [6, 6.07) is 0. The molecule has 1 aliphatic heterocycles. The van der Waals surface area contributed by atoms with Gasteiger partial charge in [0.05, 0.1) is 6.61 Å². The molecule has 0 aromatic carbocycles. The van der Waals surface area contributed by atoms with Crippen molar-refractivity contribution in [3.05, 3.63) is 0 Å². The Morgan fingerprint density at radius 3 is 3.14 bits per heavy atom. The number of nitrogens with zero attached hydrogens (tertiary/aromatic N) is 1. The number of ether oxygens (including phenoxy) is 2. The highest BCUT2D eigenvalue weighted by Crippen LogP contribution is 2.07. The van der Waals surface area contributed by atoms with Gasteiger partial charge in [0.15, 0.2) is 6.29 Å². The SMILES string of the molecule is COC(O)CCN1CCCCOC1=O. The third-order valence-corrected chi connectivity index (χ3v) is 2.22. The fourth-order valence-electron chi connectivity index (χ4n) is 1.33. The van der Waals surface area contributed by atoms with Gasteiger partial charge in [-0.15, -0.1) is 0 Å². The molecule has 1 unspecified atom stereocenters. The number of cyclic esters (lactones) is 1. The first-order chi connectivity index (χ1) is 6.74. The molecule has 0 aliphatic carbocycles. The molecular weight excluding hydrogens is 186 g/mol. The monoisotopic (exact) mass is 203 g/mol. The molecule has 0 spiro atoms. The van der Waals surface area contributed by atoms with E-state index in [2.05, 4.69) is 4.74 Å². The Labute approximate surface area is 83.6 Å². The molecule has 0 saturated carbocycles. The van der Waals surface area contributed by atoms with Gasteiger partial charge in [0.2, 0.25) is 0 Å². The van der Waals surface area contributed by atoms with Gasteiger partial charge in [-0.1, -0.05) is 0 Å². The average Bonchev–Trinajstić information content (AvgIpc) is 2.39. The first-order valence-corrected chi connectivity index (χ1v) is 4.86. The second-order valence-electron chi connectivity index (χ2n) is 3.29. The molecule has 1 N–H and O–H groups in total. The number of methoxy groups -OCH3 is 1. The molecule has 1 fully saturated rings. The van der Waals surface area contributed by atoms with Crippen molar-refractivity contribution in [2.45, 2.75) is 25.6 Å². The normalized spacial score (nSPS) is 20.1. The lowest BCUT2D eigenvalue weighted by atomic mass is 10.3. The highest BCUT2D eigenvalue weighted by atomic mass is 16.6. The largest absolute Gasteiger partial charge is 0.449 e. The summed E-state index contributed by atoms with van der Waals surface area (Å²) in [6.45, 7) is 1.69. The first kappa shape index (κ1) is 11.3. The number of rotatable bonds is 4. The van der Waals surface area contributed by atoms with Crippen LogP contribution in [0.1, 0.15) is 19.3 Å². The molecule has 1 rings (SSSR count). The van der Waals surface area contributed by atoms with Gasteiger partial charge in [-0.25, -0.2) is 4.79 Å². The van der Waals surface area contributed by atoms with Crippen molar-refractivity contribution in [2.75, 3.05) is 26.8 Å². The van der Waals surface area contributed by atoms with Crippen LogP contribution in [0.5, 0.6) is 0 Å². The average molecular weight is 203 g/mol. The van der Waals surface area contributed by atoms with Crippen molar-refractivity contribution in [3.63, 3.8) is 0 Å². The summed E-state index contributed by atoms with van der Waals surface area (Å²) in [7, 11) is 1.44. The number of amides is 1. The second-order valence-corrected chi connectivity index (χ2v) is 3.29. The first-order valence-electron chi connectivity index (χ1n) is 4.86. The minimum Gasteiger partial charge on any atom is -0.449 e. The quantitative estimate of drug-likeness (QED) is 0.679. The van der Waals surface area contributed by atoms with Crippen molar-refractivity contribution in [2.24, 2.45) is 0 Å². The van der Waals surface area contributed by atoms with Crippen LogP contribution in [0.2, 0.25) is 0 Å². The zero-order chi connectivity index (χ0) is 10.4. The van der Waals surface area contributed by atoms with Crippen LogP contribution in [0.4, 0.5) is 4.79 Å². The van der Waals surface area contributed by atoms with E-state index in [0.717, 1.165) is 12.8 Å². The molecule has 5 nitrogen and oxygen atoms in total. The van der Waals surface area contributed by atoms with Gasteiger partial charge in [0, 0.05) is 26.6 Å². The van der Waals surface area contributed by atoms with Gasteiger partial charge in [0.25, 0.3) is 0 Å². The summed E-state index contributed by atoms with van der Waals surface area (Å²) in [5, 5.41) is 9.14. The Morgan fingerprint density at radius 2 is 2.43 bits per heavy atom. The van der Waals surface area contributed by atoms with Crippen LogP contribution in [0.25, 0.3) is 0 Å². The van der Waals surface area contributed by atoms with Gasteiger partial charge in [-0.3, -0.25) is 0 Å². The maximum absolute atomic E-state index is 11.3. The number of carbonyl (C=O) groups excluding carboxylic acids is 1. The lowest BCUT2D eigenvalue weighted by molar-refractivity contribution is -0.0810. The van der Waals surface area contributed by atoms with E-state index < -0.39 is 6.29 Å². The fraction of sp³-hybridized carbons (Fsp3) is 0.889. The topological polar surface area (TPSA) is 59.0 Å². The molecule has 1 saturated heterocycles. The van der Waals surface area contributed by atoms with Crippen LogP contribution in [-0.4, -0.2) is 49.2 Å². The zero-order valence-electron chi connectivity index (χ0n) is 8.44. The molecule has 0 aromatic rings. The van der Waals surface area contributed by atoms with Gasteiger partial charge in [-0.05, 0) is 12.8 Å². The molecule has 0 bridgehead atoms. The minimum absolute atomic E-state index is 0.286. The van der Waals surface area contributed by atoms with Gasteiger partial charge in [-0.2, -0.15) is 0 Å². The Morgan fingerprint density at radius 1 is 1.64 bits per heavy atom. The van der Waals surface area contributed by atoms with E-state index in [-0.39, 0.29) is 6.09 Å². The van der Waals surface area contributed by atoms with Crippen LogP contribution < -0.4 is 0 Å². The molecule has 0 aromatic heterocycles. The lowest BCUT2D eigenvalue weighted by Gasteiger charge is -2.20. The van der Waals surface area contributed by atoms with Crippen molar-refractivity contribution < 1.29 is 19.4 Å². The second kappa shape index (κ2) is 5.82. The number of hydrogen-bond acceptors (Lipinski definition) is 4. The summed E-state index contributed by atoms with van der Waals surface area (Å²) in [5.41, 5.74) is 0. The van der Waals surface area contributed by atoms with Crippen molar-refractivity contribution in [1.29, 1.82) is 0 Å². The zero-order valence-corrected chi connectivity index (χ0v) is 8.44. The van der Waals surface area contributed by atoms with Crippen molar-refractivity contribution in [3.8, 4) is 0 Å². The van der Waals surface area contributed by atoms with E-state index in [9.17, 15) is 4.79 Å². The Bertz CT molecular complexity index is 186. The molecular formula is C9H17NO4. The molecule has 1 atom stereocenters. The van der Waals surface area contributed by atoms with Crippen LogP contribution in [-0.2, 0) is 9.47 Å². The van der Waals surface area contributed by atoms with E-state index in [4.69, 9.17) is 9.84 Å². The number of aliphatic hydroxyl groups is 1. The summed E-state index contributed by atoms with van der Waals surface area (Å²) in [6.07, 6.45) is 1.20. The van der Waals surface area contributed by atoms with E-state index in [1.807, 2.05) is 0 Å². The van der Waals surface area contributed by atoms with Crippen LogP contribution in [0, 0.1) is 0 Å². The van der Waals surface area contributed by atoms with Crippen LogP contribution in [0.15, 0.2) is 0 Å². The van der Waals surface area contributed by atoms with Gasteiger partial charge < -0.3 is 19.5 Å². The number of hydrogen-bond donors (Lipinski definition) is 1. The molecule has 14 heavy (non-hydrogen) atoms. The van der Waals surface area contributed by atoms with Crippen molar-refractivity contribution in [1.82, 2.24) is 4.90 Å². The molecule has 1 amide bonds. The fourth-order valence-corrected chi connectivity index (χ4v) is 1.33. The summed E-state index contributed by atoms with van der Waals surface area (Å²) in [5.74, 6) is 0. The number of aliphatic hydroxyl groups excluding tert-OH is 1. The molecule has 82 valence electrons. The maximum atomic E-state index is 11.3. The van der Waals surface area contributed by atoms with Gasteiger partial charge >= 0.3 is 6.09 Å². The van der Waals surface area contributed by atoms with E-state index in [0.29, 0.717) is 26.1 Å². The minimum atomic E-state index is -0.800. The smallest absolute Gasteiger partial charge is 0.409 e. The van der Waals surface area contributed by atoms with Crippen molar-refractivity contribution >= 4 is 6.09 Å². The Kier molecular flexibility index (Phi) is 4.69. The molecule has 5 heteroatoms. The van der Waals surface area contributed by atoms with E-state index in [1.165, 1.54) is 7.11 Å². The predicted molar refractivity (Wildman–Crippen MR) is 49.8 cm³/mol. The third kappa shape index (κ3) is 3.51. The predicted octanol–water partition coefficient (Wildman–Crippen LogP) is 0.574. The third-order valence-electron chi connectivity index (χ3n) is 2.22. The van der Waals surface area contributed by atoms with Crippen LogP contribution in [0.3, 0.4) is 0 Å². The van der Waals surface area contributed by atoms with E-state index in [1.54, 1.807) is 4.90 Å². The summed E-state index contributed by atoms with van der Waals surface area (Å²) in [4.78, 5) is 12.9. The number of carbonyl (C=O) groups is 1.